The second-order valence-electron chi connectivity index (χ2n) is 8.54. The molecule has 0 aliphatic carbocycles. The van der Waals surface area contributed by atoms with Crippen molar-refractivity contribution in [2.75, 3.05) is 31.6 Å². The average Bonchev–Trinajstić information content (AvgIpc) is 2.79. The molecule has 1 saturated heterocycles. The lowest BCUT2D eigenvalue weighted by molar-refractivity contribution is -0.171. The molecule has 8 heteroatoms. The van der Waals surface area contributed by atoms with Crippen LogP contribution < -0.4 is 4.90 Å². The summed E-state index contributed by atoms with van der Waals surface area (Å²) in [6.45, 7) is 1.99. The lowest BCUT2D eigenvalue weighted by Gasteiger charge is -2.34. The summed E-state index contributed by atoms with van der Waals surface area (Å²) >= 11 is 6.13. The summed E-state index contributed by atoms with van der Waals surface area (Å²) in [4.78, 5) is 27.0. The molecule has 1 heterocycles. The molecule has 2 aromatic rings. The van der Waals surface area contributed by atoms with Crippen molar-refractivity contribution in [3.63, 3.8) is 0 Å². The normalized spacial score (nSPS) is 15.8. The van der Waals surface area contributed by atoms with Gasteiger partial charge in [0.1, 0.15) is 0 Å². The molecule has 0 aromatic heterocycles. The number of amides is 1. The van der Waals surface area contributed by atoms with Crippen LogP contribution in [0.2, 0.25) is 5.02 Å². The van der Waals surface area contributed by atoms with Crippen LogP contribution in [0, 0.1) is 5.92 Å². The molecule has 178 valence electrons. The Morgan fingerprint density at radius 3 is 2.42 bits per heavy atom. The molecule has 1 unspecified atom stereocenters. The van der Waals surface area contributed by atoms with E-state index in [1.165, 1.54) is 36.2 Å². The van der Waals surface area contributed by atoms with E-state index >= 15 is 0 Å². The van der Waals surface area contributed by atoms with E-state index in [0.29, 0.717) is 29.5 Å². The van der Waals surface area contributed by atoms with Crippen LogP contribution in [0.25, 0.3) is 0 Å². The number of alkyl halides is 3. The van der Waals surface area contributed by atoms with Crippen LogP contribution in [0.4, 0.5) is 18.9 Å². The van der Waals surface area contributed by atoms with E-state index < -0.39 is 18.0 Å². The summed E-state index contributed by atoms with van der Waals surface area (Å²) in [6.07, 6.45) is -0.465. The van der Waals surface area contributed by atoms with Crippen molar-refractivity contribution >= 4 is 29.5 Å². The van der Waals surface area contributed by atoms with Gasteiger partial charge >= 0.3 is 6.18 Å². The zero-order chi connectivity index (χ0) is 24.0. The van der Waals surface area contributed by atoms with Gasteiger partial charge in [0.25, 0.3) is 0 Å². The lowest BCUT2D eigenvalue weighted by Crippen LogP contribution is -2.39. The highest BCUT2D eigenvalue weighted by atomic mass is 35.5. The largest absolute Gasteiger partial charge is 0.404 e. The molecule has 2 aromatic carbocycles. The molecule has 4 nitrogen and oxygen atoms in total. The predicted octanol–water partition coefficient (Wildman–Crippen LogP) is 5.95. The Bertz CT molecular complexity index is 944. The topological polar surface area (TPSA) is 40.6 Å². The maximum atomic E-state index is 13.6. The van der Waals surface area contributed by atoms with E-state index in [9.17, 15) is 22.8 Å². The highest BCUT2D eigenvalue weighted by Crippen LogP contribution is 2.36. The summed E-state index contributed by atoms with van der Waals surface area (Å²) in [7, 11) is 1.44. The number of likely N-dealkylation sites (N-methyl/N-ethyl adjacent to an activating group) is 1. The molecular weight excluding hydrogens is 453 g/mol. The number of piperidine rings is 1. The number of hydrogen-bond acceptors (Lipinski definition) is 3. The Balaban J connectivity index is 1.48. The van der Waals surface area contributed by atoms with Gasteiger partial charge in [0, 0.05) is 37.9 Å². The number of rotatable bonds is 8. The van der Waals surface area contributed by atoms with Crippen molar-refractivity contribution in [2.24, 2.45) is 5.92 Å². The molecule has 0 saturated carbocycles. The van der Waals surface area contributed by atoms with Gasteiger partial charge in [-0.25, -0.2) is 0 Å². The Kier molecular flexibility index (Phi) is 8.40. The molecule has 1 fully saturated rings. The van der Waals surface area contributed by atoms with Crippen LogP contribution in [-0.2, 0) is 4.79 Å². The number of hydrogen-bond donors (Lipinski definition) is 0. The average molecular weight is 481 g/mol. The number of carbonyl (C=O) groups is 2. The van der Waals surface area contributed by atoms with Crippen LogP contribution in [0.5, 0.6) is 0 Å². The molecule has 1 aliphatic rings. The van der Waals surface area contributed by atoms with Gasteiger partial charge in [0.2, 0.25) is 5.91 Å². The lowest BCUT2D eigenvalue weighted by atomic mass is 9.91. The summed E-state index contributed by atoms with van der Waals surface area (Å²) < 4.78 is 40.8. The van der Waals surface area contributed by atoms with Gasteiger partial charge in [0.15, 0.2) is 12.2 Å². The van der Waals surface area contributed by atoms with Gasteiger partial charge in [0.05, 0.1) is 5.02 Å². The highest BCUT2D eigenvalue weighted by Gasteiger charge is 2.46. The van der Waals surface area contributed by atoms with E-state index in [1.54, 1.807) is 18.2 Å². The van der Waals surface area contributed by atoms with Gasteiger partial charge in [-0.1, -0.05) is 41.9 Å². The monoisotopic (exact) mass is 480 g/mol. The number of benzene rings is 2. The van der Waals surface area contributed by atoms with Crippen LogP contribution in [0.15, 0.2) is 48.5 Å². The SMILES string of the molecule is CN(CCCC1CCN(c2ccc(C=O)c(Cl)c2)CC1)C(=O)C(c1ccccc1)C(F)(F)F. The fourth-order valence-electron chi connectivity index (χ4n) is 4.35. The van der Waals surface area contributed by atoms with Crippen molar-refractivity contribution in [1.29, 1.82) is 0 Å². The number of aldehydes is 1. The van der Waals surface area contributed by atoms with Crippen LogP contribution in [0.1, 0.15) is 47.5 Å². The van der Waals surface area contributed by atoms with Crippen molar-refractivity contribution in [3.8, 4) is 0 Å². The second-order valence-corrected chi connectivity index (χ2v) is 8.95. The Labute approximate surface area is 197 Å². The first-order valence-electron chi connectivity index (χ1n) is 11.1. The van der Waals surface area contributed by atoms with Gasteiger partial charge in [-0.15, -0.1) is 0 Å². The van der Waals surface area contributed by atoms with Crippen LogP contribution >= 0.6 is 11.6 Å². The van der Waals surface area contributed by atoms with Crippen molar-refractivity contribution < 1.29 is 22.8 Å². The minimum atomic E-state index is -4.63. The van der Waals surface area contributed by atoms with Gasteiger partial charge in [-0.05, 0) is 55.4 Å². The Hall–Kier alpha value is -2.54. The van der Waals surface area contributed by atoms with Crippen LogP contribution in [-0.4, -0.2) is 50.0 Å². The molecule has 0 spiro atoms. The highest BCUT2D eigenvalue weighted by molar-refractivity contribution is 6.33. The Morgan fingerprint density at radius 2 is 1.85 bits per heavy atom. The quantitative estimate of drug-likeness (QED) is 0.438. The van der Waals surface area contributed by atoms with Gasteiger partial charge < -0.3 is 9.80 Å². The molecule has 0 N–H and O–H groups in total. The molecule has 1 amide bonds. The molecular formula is C25H28ClF3N2O2. The first-order valence-corrected chi connectivity index (χ1v) is 11.4. The van der Waals surface area contributed by atoms with E-state index in [1.807, 2.05) is 6.07 Å². The van der Waals surface area contributed by atoms with E-state index in [-0.39, 0.29) is 5.56 Å². The fourth-order valence-corrected chi connectivity index (χ4v) is 4.57. The van der Waals surface area contributed by atoms with Gasteiger partial charge in [-0.2, -0.15) is 13.2 Å². The minimum absolute atomic E-state index is 0.0319. The molecule has 0 radical (unpaired) electrons. The smallest absolute Gasteiger partial charge is 0.371 e. The van der Waals surface area contributed by atoms with Crippen LogP contribution in [0.3, 0.4) is 0 Å². The zero-order valence-electron chi connectivity index (χ0n) is 18.5. The summed E-state index contributed by atoms with van der Waals surface area (Å²) in [6, 6.07) is 12.8. The standard InChI is InChI=1S/C25H28ClF3N2O2/c1-30(24(33)23(25(27,28)29)19-7-3-2-4-8-19)13-5-6-18-11-14-31(15-12-18)21-10-9-20(17-32)22(26)16-21/h2-4,7-10,16-18,23H,5-6,11-15H2,1H3. The Morgan fingerprint density at radius 1 is 1.18 bits per heavy atom. The van der Waals surface area contributed by atoms with E-state index in [2.05, 4.69) is 4.90 Å². The maximum absolute atomic E-state index is 13.6. The molecule has 33 heavy (non-hydrogen) atoms. The third-order valence-electron chi connectivity index (χ3n) is 6.28. The van der Waals surface area contributed by atoms with Gasteiger partial charge in [-0.3, -0.25) is 9.59 Å². The van der Waals surface area contributed by atoms with E-state index in [4.69, 9.17) is 11.6 Å². The van der Waals surface area contributed by atoms with Crippen molar-refractivity contribution in [2.45, 2.75) is 37.8 Å². The molecule has 3 rings (SSSR count). The summed E-state index contributed by atoms with van der Waals surface area (Å²) in [5.41, 5.74) is 1.41. The number of nitrogens with zero attached hydrogens (tertiary/aromatic N) is 2. The fraction of sp³-hybridized carbons (Fsp3) is 0.440. The number of halogens is 4. The third-order valence-corrected chi connectivity index (χ3v) is 6.61. The second kappa shape index (κ2) is 11.1. The minimum Gasteiger partial charge on any atom is -0.371 e. The molecule has 0 bridgehead atoms. The predicted molar refractivity (Wildman–Crippen MR) is 124 cm³/mol. The molecule has 1 aliphatic heterocycles. The summed E-state index contributed by atoms with van der Waals surface area (Å²) in [5.74, 6) is -2.59. The first kappa shape index (κ1) is 25.1. The number of anilines is 1. The van der Waals surface area contributed by atoms with Crippen molar-refractivity contribution in [3.05, 3.63) is 64.7 Å². The maximum Gasteiger partial charge on any atom is 0.404 e. The zero-order valence-corrected chi connectivity index (χ0v) is 19.3. The summed E-state index contributed by atoms with van der Waals surface area (Å²) in [5, 5.41) is 0.435. The first-order chi connectivity index (χ1) is 15.7. The van der Waals surface area contributed by atoms with E-state index in [0.717, 1.165) is 44.3 Å². The third kappa shape index (κ3) is 6.50. The molecule has 1 atom stereocenters. The number of carbonyl (C=O) groups excluding carboxylic acids is 2. The van der Waals surface area contributed by atoms with Crippen molar-refractivity contribution in [1.82, 2.24) is 4.90 Å².